The van der Waals surface area contributed by atoms with E-state index in [-0.39, 0.29) is 0 Å². The fourth-order valence-electron chi connectivity index (χ4n) is 5.57. The topological polar surface area (TPSA) is 40.5 Å². The molecule has 0 aliphatic heterocycles. The fraction of sp³-hybridized carbons (Fsp3) is 0.571. The zero-order valence-corrected chi connectivity index (χ0v) is 19.2. The van der Waals surface area contributed by atoms with Gasteiger partial charge in [-0.15, -0.1) is 0 Å². The summed E-state index contributed by atoms with van der Waals surface area (Å²) in [4.78, 5) is 0. The maximum atomic E-state index is 11.0. The molecule has 0 bridgehead atoms. The molecule has 2 fully saturated rings. The summed E-state index contributed by atoms with van der Waals surface area (Å²) in [5, 5.41) is 21.8. The molecule has 4 rings (SSSR count). The van der Waals surface area contributed by atoms with Crippen LogP contribution in [0, 0.1) is 17.8 Å². The second kappa shape index (κ2) is 8.29. The largest absolute Gasteiger partial charge is 0.507 e. The molecule has 0 amide bonds. The first-order chi connectivity index (χ1) is 14.3. The number of hydrogen-bond donors (Lipinski definition) is 2. The van der Waals surface area contributed by atoms with Gasteiger partial charge >= 0.3 is 0 Å². The molecule has 0 radical (unpaired) electrons. The van der Waals surface area contributed by atoms with E-state index in [1.807, 2.05) is 6.07 Å². The van der Waals surface area contributed by atoms with E-state index in [0.717, 1.165) is 34.6 Å². The Labute approximate surface area is 182 Å². The summed E-state index contributed by atoms with van der Waals surface area (Å²) >= 11 is 0. The molecule has 2 aliphatic carbocycles. The molecule has 2 heteroatoms. The molecular weight excluding hydrogens is 368 g/mol. The highest BCUT2D eigenvalue weighted by molar-refractivity contribution is 5.46. The summed E-state index contributed by atoms with van der Waals surface area (Å²) in [6.07, 6.45) is 4.92. The maximum Gasteiger partial charge on any atom is 0.122 e. The molecule has 2 saturated carbocycles. The molecule has 0 saturated heterocycles. The van der Waals surface area contributed by atoms with Gasteiger partial charge in [0.05, 0.1) is 0 Å². The van der Waals surface area contributed by atoms with Crippen LogP contribution < -0.4 is 0 Å². The molecule has 162 valence electrons. The van der Waals surface area contributed by atoms with Crippen LogP contribution in [0.3, 0.4) is 0 Å². The average Bonchev–Trinajstić information content (AvgIpc) is 3.62. The predicted octanol–water partition coefficient (Wildman–Crippen LogP) is 7.67. The summed E-state index contributed by atoms with van der Waals surface area (Å²) in [6, 6.07) is 12.6. The standard InChI is InChI=1S/C28H38O2/c1-16(2)22-8-6-11-25(27(22)29)19(5)26-15-21(26)14-17(3)23-9-7-10-24(28(23)30)18(4)20-12-13-20/h6-11,16-21,26,29-30H,12-15H2,1-5H3/t17?,18-,19-,21?,26?/m0/s1. The van der Waals surface area contributed by atoms with Gasteiger partial charge in [0.15, 0.2) is 0 Å². The Morgan fingerprint density at radius 3 is 1.90 bits per heavy atom. The highest BCUT2D eigenvalue weighted by Gasteiger charge is 2.43. The predicted molar refractivity (Wildman–Crippen MR) is 124 cm³/mol. The first-order valence-electron chi connectivity index (χ1n) is 11.9. The highest BCUT2D eigenvalue weighted by atomic mass is 16.3. The summed E-state index contributed by atoms with van der Waals surface area (Å²) < 4.78 is 0. The smallest absolute Gasteiger partial charge is 0.122 e. The Morgan fingerprint density at radius 1 is 0.767 bits per heavy atom. The Hall–Kier alpha value is -1.96. The van der Waals surface area contributed by atoms with Gasteiger partial charge in [0.1, 0.15) is 11.5 Å². The van der Waals surface area contributed by atoms with Crippen molar-refractivity contribution in [2.75, 3.05) is 0 Å². The van der Waals surface area contributed by atoms with E-state index in [1.165, 1.54) is 19.3 Å². The summed E-state index contributed by atoms with van der Waals surface area (Å²) in [5.41, 5.74) is 4.40. The lowest BCUT2D eigenvalue weighted by molar-refractivity contribution is 0.435. The summed E-state index contributed by atoms with van der Waals surface area (Å²) in [7, 11) is 0. The third-order valence-electron chi connectivity index (χ3n) is 7.94. The Morgan fingerprint density at radius 2 is 1.30 bits per heavy atom. The van der Waals surface area contributed by atoms with Crippen molar-refractivity contribution in [2.45, 2.75) is 84.0 Å². The summed E-state index contributed by atoms with van der Waals surface area (Å²) in [5.74, 6) is 4.60. The minimum Gasteiger partial charge on any atom is -0.507 e. The minimum atomic E-state index is 0.334. The number of aromatic hydroxyl groups is 2. The molecule has 2 aromatic rings. The molecule has 0 spiro atoms. The van der Waals surface area contributed by atoms with Gasteiger partial charge in [0, 0.05) is 0 Å². The van der Waals surface area contributed by atoms with Crippen molar-refractivity contribution in [1.29, 1.82) is 0 Å². The maximum absolute atomic E-state index is 11.0. The summed E-state index contributed by atoms with van der Waals surface area (Å²) in [6.45, 7) is 11.1. The molecule has 3 unspecified atom stereocenters. The van der Waals surface area contributed by atoms with Gasteiger partial charge in [-0.05, 0) is 89.4 Å². The van der Waals surface area contributed by atoms with Crippen LogP contribution in [0.25, 0.3) is 0 Å². The number of phenols is 2. The van der Waals surface area contributed by atoms with Crippen molar-refractivity contribution in [1.82, 2.24) is 0 Å². The lowest BCUT2D eigenvalue weighted by Gasteiger charge is -2.20. The first-order valence-corrected chi connectivity index (χ1v) is 11.9. The normalized spacial score (nSPS) is 23.9. The zero-order valence-electron chi connectivity index (χ0n) is 19.2. The van der Waals surface area contributed by atoms with Gasteiger partial charge in [-0.25, -0.2) is 0 Å². The molecule has 0 heterocycles. The molecule has 2 aliphatic rings. The van der Waals surface area contributed by atoms with Gasteiger partial charge in [-0.3, -0.25) is 0 Å². The fourth-order valence-corrected chi connectivity index (χ4v) is 5.57. The lowest BCUT2D eigenvalue weighted by Crippen LogP contribution is -2.04. The van der Waals surface area contributed by atoms with E-state index in [9.17, 15) is 10.2 Å². The van der Waals surface area contributed by atoms with E-state index in [4.69, 9.17) is 0 Å². The quantitative estimate of drug-likeness (QED) is 0.472. The highest BCUT2D eigenvalue weighted by Crippen LogP contribution is 2.55. The Kier molecular flexibility index (Phi) is 5.88. The lowest BCUT2D eigenvalue weighted by atomic mass is 9.86. The Balaban J connectivity index is 1.43. The van der Waals surface area contributed by atoms with Crippen LogP contribution in [0.15, 0.2) is 36.4 Å². The second-order valence-corrected chi connectivity index (χ2v) is 10.4. The van der Waals surface area contributed by atoms with Gasteiger partial charge < -0.3 is 10.2 Å². The second-order valence-electron chi connectivity index (χ2n) is 10.4. The zero-order chi connectivity index (χ0) is 21.6. The molecule has 2 aromatic carbocycles. The third-order valence-corrected chi connectivity index (χ3v) is 7.94. The molecule has 30 heavy (non-hydrogen) atoms. The van der Waals surface area contributed by atoms with Crippen LogP contribution in [0.1, 0.15) is 106 Å². The number of hydrogen-bond acceptors (Lipinski definition) is 2. The minimum absolute atomic E-state index is 0.334. The van der Waals surface area contributed by atoms with Gasteiger partial charge in [0.2, 0.25) is 0 Å². The van der Waals surface area contributed by atoms with Crippen LogP contribution >= 0.6 is 0 Å². The molecule has 2 nitrogen and oxygen atoms in total. The number of benzene rings is 2. The average molecular weight is 407 g/mol. The van der Waals surface area contributed by atoms with Crippen molar-refractivity contribution >= 4 is 0 Å². The molecular formula is C28H38O2. The third kappa shape index (κ3) is 4.11. The van der Waals surface area contributed by atoms with Crippen molar-refractivity contribution in [3.63, 3.8) is 0 Å². The van der Waals surface area contributed by atoms with Crippen molar-refractivity contribution in [3.05, 3.63) is 58.7 Å². The first kappa shape index (κ1) is 21.3. The number of phenolic OH excluding ortho intramolecular Hbond substituents is 2. The van der Waals surface area contributed by atoms with Gasteiger partial charge in [-0.2, -0.15) is 0 Å². The van der Waals surface area contributed by atoms with Crippen LogP contribution in [-0.2, 0) is 0 Å². The number of para-hydroxylation sites is 2. The Bertz CT molecular complexity index is 896. The molecule has 5 atom stereocenters. The van der Waals surface area contributed by atoms with Crippen molar-refractivity contribution in [2.24, 2.45) is 17.8 Å². The van der Waals surface area contributed by atoms with Crippen LogP contribution in [0.5, 0.6) is 11.5 Å². The van der Waals surface area contributed by atoms with Crippen LogP contribution in [0.2, 0.25) is 0 Å². The van der Waals surface area contributed by atoms with E-state index in [1.54, 1.807) is 0 Å². The van der Waals surface area contributed by atoms with Crippen LogP contribution in [0.4, 0.5) is 0 Å². The van der Waals surface area contributed by atoms with Crippen molar-refractivity contribution in [3.8, 4) is 11.5 Å². The van der Waals surface area contributed by atoms with E-state index >= 15 is 0 Å². The molecule has 0 aromatic heterocycles. The van der Waals surface area contributed by atoms with Crippen LogP contribution in [-0.4, -0.2) is 10.2 Å². The van der Waals surface area contributed by atoms with E-state index in [0.29, 0.717) is 47.0 Å². The van der Waals surface area contributed by atoms with E-state index in [2.05, 4.69) is 65.0 Å². The monoisotopic (exact) mass is 406 g/mol. The molecule has 2 N–H and O–H groups in total. The van der Waals surface area contributed by atoms with Gasteiger partial charge in [-0.1, -0.05) is 71.0 Å². The van der Waals surface area contributed by atoms with E-state index < -0.39 is 0 Å². The van der Waals surface area contributed by atoms with Gasteiger partial charge in [0.25, 0.3) is 0 Å². The number of rotatable bonds is 8. The SMILES string of the molecule is CC(C)c1cccc([C@H](C)C2CC2CC(C)c2cccc([C@@H](C)C3CC3)c2O)c1O. The van der Waals surface area contributed by atoms with Crippen molar-refractivity contribution < 1.29 is 10.2 Å².